The first kappa shape index (κ1) is 20.4. The minimum Gasteiger partial charge on any atom is -0.335 e. The lowest BCUT2D eigenvalue weighted by atomic mass is 9.97. The molecule has 1 aliphatic heterocycles. The SMILES string of the molecule is CCc1cccc(NC(=O)N2CCCC(c3nccn3CCCN(C)C)C2)c1. The Kier molecular flexibility index (Phi) is 7.09. The van der Waals surface area contributed by atoms with Gasteiger partial charge in [0, 0.05) is 43.6 Å². The van der Waals surface area contributed by atoms with Gasteiger partial charge in [0.2, 0.25) is 0 Å². The smallest absolute Gasteiger partial charge is 0.321 e. The number of hydrogen-bond acceptors (Lipinski definition) is 3. The average molecular weight is 384 g/mol. The normalized spacial score (nSPS) is 17.1. The third kappa shape index (κ3) is 5.35. The highest BCUT2D eigenvalue weighted by Crippen LogP contribution is 2.26. The van der Waals surface area contributed by atoms with Crippen molar-refractivity contribution in [1.29, 1.82) is 0 Å². The number of urea groups is 1. The summed E-state index contributed by atoms with van der Waals surface area (Å²) in [6.45, 7) is 5.69. The number of rotatable bonds is 7. The quantitative estimate of drug-likeness (QED) is 0.791. The van der Waals surface area contributed by atoms with E-state index in [9.17, 15) is 4.79 Å². The second-order valence-electron chi connectivity index (χ2n) is 7.90. The van der Waals surface area contributed by atoms with Crippen LogP contribution in [0.4, 0.5) is 10.5 Å². The van der Waals surface area contributed by atoms with Crippen LogP contribution in [0.1, 0.15) is 43.5 Å². The Morgan fingerprint density at radius 1 is 1.36 bits per heavy atom. The maximum absolute atomic E-state index is 12.8. The number of imidazole rings is 1. The summed E-state index contributed by atoms with van der Waals surface area (Å²) in [6.07, 6.45) is 8.12. The predicted molar refractivity (Wildman–Crippen MR) is 114 cm³/mol. The van der Waals surface area contributed by atoms with Gasteiger partial charge < -0.3 is 19.7 Å². The van der Waals surface area contributed by atoms with E-state index in [4.69, 9.17) is 0 Å². The molecular weight excluding hydrogens is 350 g/mol. The van der Waals surface area contributed by atoms with Crippen LogP contribution in [-0.2, 0) is 13.0 Å². The molecule has 152 valence electrons. The molecule has 2 amide bonds. The Morgan fingerprint density at radius 2 is 2.21 bits per heavy atom. The summed E-state index contributed by atoms with van der Waals surface area (Å²) in [5, 5.41) is 3.07. The monoisotopic (exact) mass is 383 g/mol. The Balaban J connectivity index is 1.61. The van der Waals surface area contributed by atoms with Gasteiger partial charge in [0.05, 0.1) is 0 Å². The van der Waals surface area contributed by atoms with Gasteiger partial charge >= 0.3 is 6.03 Å². The minimum absolute atomic E-state index is 0.0105. The van der Waals surface area contributed by atoms with Crippen molar-refractivity contribution >= 4 is 11.7 Å². The third-order valence-corrected chi connectivity index (χ3v) is 5.41. The minimum atomic E-state index is -0.0105. The molecule has 1 N–H and O–H groups in total. The number of likely N-dealkylation sites (tertiary alicyclic amines) is 1. The molecule has 0 saturated carbocycles. The number of hydrogen-bond donors (Lipinski definition) is 1. The number of amides is 2. The second kappa shape index (κ2) is 9.73. The van der Waals surface area contributed by atoms with E-state index in [1.165, 1.54) is 5.56 Å². The lowest BCUT2D eigenvalue weighted by Crippen LogP contribution is -2.42. The first-order valence-corrected chi connectivity index (χ1v) is 10.4. The molecule has 0 spiro atoms. The number of aryl methyl sites for hydroxylation is 2. The molecular formula is C22H33N5O. The number of nitrogens with one attached hydrogen (secondary N) is 1. The molecule has 1 aromatic heterocycles. The van der Waals surface area contributed by atoms with Gasteiger partial charge in [-0.1, -0.05) is 19.1 Å². The summed E-state index contributed by atoms with van der Waals surface area (Å²) in [4.78, 5) is 21.6. The number of carbonyl (C=O) groups excluding carboxylic acids is 1. The summed E-state index contributed by atoms with van der Waals surface area (Å²) in [5.74, 6) is 1.42. The van der Waals surface area contributed by atoms with Crippen molar-refractivity contribution in [2.75, 3.05) is 39.0 Å². The topological polar surface area (TPSA) is 53.4 Å². The fraction of sp³-hybridized carbons (Fsp3) is 0.545. The number of carbonyl (C=O) groups is 1. The zero-order valence-electron chi connectivity index (χ0n) is 17.4. The van der Waals surface area contributed by atoms with Crippen LogP contribution in [0.15, 0.2) is 36.7 Å². The van der Waals surface area contributed by atoms with Gasteiger partial charge in [-0.2, -0.15) is 0 Å². The van der Waals surface area contributed by atoms with E-state index in [0.717, 1.165) is 63.4 Å². The molecule has 0 bridgehead atoms. The third-order valence-electron chi connectivity index (χ3n) is 5.41. The van der Waals surface area contributed by atoms with Crippen molar-refractivity contribution in [3.63, 3.8) is 0 Å². The Bertz CT molecular complexity index is 770. The van der Waals surface area contributed by atoms with Gasteiger partial charge in [-0.25, -0.2) is 9.78 Å². The molecule has 28 heavy (non-hydrogen) atoms. The van der Waals surface area contributed by atoms with Crippen LogP contribution >= 0.6 is 0 Å². The Hall–Kier alpha value is -2.34. The van der Waals surface area contributed by atoms with E-state index in [1.807, 2.05) is 23.2 Å². The first-order chi connectivity index (χ1) is 13.6. The fourth-order valence-electron chi connectivity index (χ4n) is 3.87. The van der Waals surface area contributed by atoms with E-state index in [2.05, 4.69) is 59.1 Å². The van der Waals surface area contributed by atoms with Crippen LogP contribution in [0, 0.1) is 0 Å². The van der Waals surface area contributed by atoms with E-state index < -0.39 is 0 Å². The van der Waals surface area contributed by atoms with E-state index >= 15 is 0 Å². The number of piperidine rings is 1. The van der Waals surface area contributed by atoms with Crippen LogP contribution in [0.5, 0.6) is 0 Å². The van der Waals surface area contributed by atoms with E-state index in [1.54, 1.807) is 0 Å². The maximum Gasteiger partial charge on any atom is 0.321 e. The van der Waals surface area contributed by atoms with Crippen LogP contribution in [-0.4, -0.2) is 59.1 Å². The molecule has 1 aliphatic rings. The molecule has 3 rings (SSSR count). The summed E-state index contributed by atoms with van der Waals surface area (Å²) in [5.41, 5.74) is 2.10. The Morgan fingerprint density at radius 3 is 3.00 bits per heavy atom. The Labute approximate surface area is 168 Å². The van der Waals surface area contributed by atoms with Crippen LogP contribution < -0.4 is 5.32 Å². The van der Waals surface area contributed by atoms with Crippen molar-refractivity contribution in [2.24, 2.45) is 0 Å². The van der Waals surface area contributed by atoms with Crippen molar-refractivity contribution in [3.05, 3.63) is 48.0 Å². The highest BCUT2D eigenvalue weighted by molar-refractivity contribution is 5.89. The second-order valence-corrected chi connectivity index (χ2v) is 7.90. The van der Waals surface area contributed by atoms with Gasteiger partial charge in [0.25, 0.3) is 0 Å². The highest BCUT2D eigenvalue weighted by atomic mass is 16.2. The summed E-state index contributed by atoms with van der Waals surface area (Å²) in [6, 6.07) is 8.08. The zero-order chi connectivity index (χ0) is 19.9. The average Bonchev–Trinajstić information content (AvgIpc) is 3.16. The van der Waals surface area contributed by atoms with E-state index in [-0.39, 0.29) is 6.03 Å². The van der Waals surface area contributed by atoms with Gasteiger partial charge in [0.15, 0.2) is 0 Å². The highest BCUT2D eigenvalue weighted by Gasteiger charge is 2.27. The van der Waals surface area contributed by atoms with E-state index in [0.29, 0.717) is 5.92 Å². The number of anilines is 1. The number of aromatic nitrogens is 2. The molecule has 2 aromatic rings. The van der Waals surface area contributed by atoms with Crippen molar-refractivity contribution < 1.29 is 4.79 Å². The molecule has 1 unspecified atom stereocenters. The zero-order valence-corrected chi connectivity index (χ0v) is 17.4. The summed E-state index contributed by atoms with van der Waals surface area (Å²) >= 11 is 0. The van der Waals surface area contributed by atoms with Gasteiger partial charge in [0.1, 0.15) is 5.82 Å². The summed E-state index contributed by atoms with van der Waals surface area (Å²) in [7, 11) is 4.20. The number of benzene rings is 1. The molecule has 1 saturated heterocycles. The van der Waals surface area contributed by atoms with Crippen LogP contribution in [0.25, 0.3) is 0 Å². The molecule has 1 fully saturated rings. The van der Waals surface area contributed by atoms with Gasteiger partial charge in [-0.3, -0.25) is 0 Å². The maximum atomic E-state index is 12.8. The predicted octanol–water partition coefficient (Wildman–Crippen LogP) is 3.81. The molecule has 0 aliphatic carbocycles. The van der Waals surface area contributed by atoms with Gasteiger partial charge in [-0.05, 0) is 64.0 Å². The molecule has 0 radical (unpaired) electrons. The number of nitrogens with zero attached hydrogens (tertiary/aromatic N) is 4. The van der Waals surface area contributed by atoms with Gasteiger partial charge in [-0.15, -0.1) is 0 Å². The largest absolute Gasteiger partial charge is 0.335 e. The van der Waals surface area contributed by atoms with Crippen molar-refractivity contribution in [3.8, 4) is 0 Å². The fourth-order valence-corrected chi connectivity index (χ4v) is 3.87. The van der Waals surface area contributed by atoms with Crippen LogP contribution in [0.3, 0.4) is 0 Å². The molecule has 6 nitrogen and oxygen atoms in total. The summed E-state index contributed by atoms with van der Waals surface area (Å²) < 4.78 is 2.26. The van der Waals surface area contributed by atoms with Crippen molar-refractivity contribution in [2.45, 2.75) is 45.1 Å². The van der Waals surface area contributed by atoms with Crippen LogP contribution in [0.2, 0.25) is 0 Å². The van der Waals surface area contributed by atoms with Crippen molar-refractivity contribution in [1.82, 2.24) is 19.4 Å². The molecule has 6 heteroatoms. The molecule has 2 heterocycles. The molecule has 1 aromatic carbocycles. The standard InChI is InChI=1S/C22H33N5O/c1-4-18-8-5-10-20(16-18)24-22(28)27-13-6-9-19(17-27)21-23-11-15-26(21)14-7-12-25(2)3/h5,8,10-11,15-16,19H,4,6-7,9,12-14,17H2,1-3H3,(H,24,28). The first-order valence-electron chi connectivity index (χ1n) is 10.4. The lowest BCUT2D eigenvalue weighted by molar-refractivity contribution is 0.190. The lowest BCUT2D eigenvalue weighted by Gasteiger charge is -2.32. The molecule has 1 atom stereocenters.